The van der Waals surface area contributed by atoms with E-state index in [0.29, 0.717) is 31.0 Å². The van der Waals surface area contributed by atoms with Crippen LogP contribution in [0, 0.1) is 12.8 Å². The van der Waals surface area contributed by atoms with Gasteiger partial charge in [0.1, 0.15) is 11.4 Å². The van der Waals surface area contributed by atoms with E-state index in [1.165, 1.54) is 0 Å². The molecule has 0 N–H and O–H groups in total. The Bertz CT molecular complexity index is 804. The van der Waals surface area contributed by atoms with Crippen LogP contribution in [0.4, 0.5) is 0 Å². The molecule has 3 saturated heterocycles. The molecule has 2 aromatic rings. The van der Waals surface area contributed by atoms with Gasteiger partial charge < -0.3 is 9.80 Å². The molecule has 1 aromatic carbocycles. The number of piperidine rings is 1. The van der Waals surface area contributed by atoms with Gasteiger partial charge in [-0.2, -0.15) is 0 Å². The molecule has 4 heterocycles. The van der Waals surface area contributed by atoms with Gasteiger partial charge in [-0.3, -0.25) is 9.59 Å². The van der Waals surface area contributed by atoms with Crippen LogP contribution in [0.15, 0.2) is 35.0 Å². The van der Waals surface area contributed by atoms with E-state index in [0.717, 1.165) is 18.4 Å². The van der Waals surface area contributed by atoms with Crippen molar-refractivity contribution in [3.63, 3.8) is 0 Å². The fraction of sp³-hybridized carbons (Fsp3) is 0.474. The molecule has 0 radical (unpaired) electrons. The molecule has 3 aliphatic rings. The number of aryl methyl sites for hydroxylation is 1. The zero-order valence-corrected chi connectivity index (χ0v) is 14.8. The van der Waals surface area contributed by atoms with Crippen LogP contribution in [0.5, 0.6) is 0 Å². The van der Waals surface area contributed by atoms with Crippen LogP contribution in [0.3, 0.4) is 0 Å². The zero-order valence-electron chi connectivity index (χ0n) is 14.8. The van der Waals surface area contributed by atoms with E-state index in [4.69, 9.17) is 0 Å². The minimum absolute atomic E-state index is 0.0185. The Morgan fingerprint density at radius 1 is 1.19 bits per heavy atom. The number of benzene rings is 1. The van der Waals surface area contributed by atoms with E-state index in [2.05, 4.69) is 14.9 Å². The first kappa shape index (κ1) is 16.8. The van der Waals surface area contributed by atoms with Crippen molar-refractivity contribution in [3.05, 3.63) is 47.3 Å². The van der Waals surface area contributed by atoms with Crippen LogP contribution >= 0.6 is 0 Å². The number of amides is 2. The van der Waals surface area contributed by atoms with Gasteiger partial charge in [0.05, 0.1) is 12.3 Å². The van der Waals surface area contributed by atoms with Gasteiger partial charge in [-0.15, -0.1) is 0 Å². The smallest absolute Gasteiger partial charge is 0.228 e. The summed E-state index contributed by atoms with van der Waals surface area (Å²) in [4.78, 5) is 29.4. The fourth-order valence-corrected chi connectivity index (χ4v) is 3.90. The molecule has 3 aliphatic heterocycles. The van der Waals surface area contributed by atoms with Gasteiger partial charge in [-0.1, -0.05) is 40.6 Å². The summed E-state index contributed by atoms with van der Waals surface area (Å²) in [5, 5.41) is 7.53. The Morgan fingerprint density at radius 3 is 2.73 bits per heavy atom. The lowest BCUT2D eigenvalue weighted by atomic mass is 9.93. The van der Waals surface area contributed by atoms with Crippen molar-refractivity contribution < 1.29 is 14.2 Å². The van der Waals surface area contributed by atoms with Gasteiger partial charge in [0, 0.05) is 25.7 Å². The quantitative estimate of drug-likeness (QED) is 0.833. The lowest BCUT2D eigenvalue weighted by molar-refractivity contribution is -0.140. The van der Waals surface area contributed by atoms with Crippen LogP contribution in [-0.2, 0) is 22.6 Å². The van der Waals surface area contributed by atoms with Crippen molar-refractivity contribution in [1.82, 2.24) is 20.1 Å². The SMILES string of the molecule is Cc1nonc1CC(=O)N1C[C@H]2CC[C@@H](C1)N(Cc1ccccc1)C2=O. The van der Waals surface area contributed by atoms with Crippen molar-refractivity contribution in [2.75, 3.05) is 13.1 Å². The summed E-state index contributed by atoms with van der Waals surface area (Å²) in [6.07, 6.45) is 1.96. The van der Waals surface area contributed by atoms with Gasteiger partial charge in [0.15, 0.2) is 0 Å². The van der Waals surface area contributed by atoms with E-state index >= 15 is 0 Å². The topological polar surface area (TPSA) is 79.5 Å². The minimum Gasteiger partial charge on any atom is -0.339 e. The first-order chi connectivity index (χ1) is 12.6. The number of hydrogen-bond acceptors (Lipinski definition) is 5. The molecule has 7 nitrogen and oxygen atoms in total. The number of fused-ring (bicyclic) bond motifs is 4. The third-order valence-electron chi connectivity index (χ3n) is 5.41. The maximum atomic E-state index is 12.9. The summed E-state index contributed by atoms with van der Waals surface area (Å²) in [7, 11) is 0. The van der Waals surface area contributed by atoms with E-state index in [1.54, 1.807) is 6.92 Å². The molecule has 0 aliphatic carbocycles. The summed E-state index contributed by atoms with van der Waals surface area (Å²) in [6.45, 7) is 3.45. The highest BCUT2D eigenvalue weighted by molar-refractivity contribution is 5.84. The van der Waals surface area contributed by atoms with Gasteiger partial charge >= 0.3 is 0 Å². The van der Waals surface area contributed by atoms with Gasteiger partial charge in [0.25, 0.3) is 0 Å². The van der Waals surface area contributed by atoms with E-state index < -0.39 is 0 Å². The molecule has 2 bridgehead atoms. The van der Waals surface area contributed by atoms with Crippen LogP contribution in [0.2, 0.25) is 0 Å². The van der Waals surface area contributed by atoms with Crippen molar-refractivity contribution in [3.8, 4) is 0 Å². The molecule has 2 atom stereocenters. The summed E-state index contributed by atoms with van der Waals surface area (Å²) in [5.41, 5.74) is 2.33. The van der Waals surface area contributed by atoms with E-state index in [1.807, 2.05) is 40.1 Å². The summed E-state index contributed by atoms with van der Waals surface area (Å²) in [5.74, 6) is 0.0349. The third-order valence-corrected chi connectivity index (χ3v) is 5.41. The second-order valence-corrected chi connectivity index (χ2v) is 7.15. The molecule has 26 heavy (non-hydrogen) atoms. The third kappa shape index (κ3) is 3.21. The zero-order chi connectivity index (χ0) is 18.1. The largest absolute Gasteiger partial charge is 0.339 e. The number of hydrogen-bond donors (Lipinski definition) is 0. The number of carbonyl (C=O) groups excluding carboxylic acids is 2. The van der Waals surface area contributed by atoms with Crippen molar-refractivity contribution in [1.29, 1.82) is 0 Å². The Labute approximate surface area is 151 Å². The lowest BCUT2D eigenvalue weighted by Gasteiger charge is -2.36. The van der Waals surface area contributed by atoms with E-state index in [9.17, 15) is 9.59 Å². The first-order valence-electron chi connectivity index (χ1n) is 9.02. The van der Waals surface area contributed by atoms with Crippen molar-refractivity contribution in [2.45, 2.75) is 38.8 Å². The average Bonchev–Trinajstić information content (AvgIpc) is 2.87. The molecule has 136 valence electrons. The number of aromatic nitrogens is 2. The second kappa shape index (κ2) is 6.90. The highest BCUT2D eigenvalue weighted by Crippen LogP contribution is 2.30. The Morgan fingerprint density at radius 2 is 2.00 bits per heavy atom. The molecule has 7 heteroatoms. The van der Waals surface area contributed by atoms with Gasteiger partial charge in [0.2, 0.25) is 11.8 Å². The minimum atomic E-state index is -0.113. The van der Waals surface area contributed by atoms with Crippen LogP contribution in [0.1, 0.15) is 29.8 Å². The molecule has 1 aromatic heterocycles. The Balaban J connectivity index is 1.49. The highest BCUT2D eigenvalue weighted by atomic mass is 16.6. The standard InChI is InChI=1S/C19H22N4O3/c1-13-17(21-26-20-13)9-18(24)22-11-15-7-8-16(12-22)23(19(15)25)10-14-5-3-2-4-6-14/h2-6,15-16H,7-12H2,1H3/t15-,16+/m1/s1. The summed E-state index contributed by atoms with van der Waals surface area (Å²) >= 11 is 0. The van der Waals surface area contributed by atoms with E-state index in [-0.39, 0.29) is 30.2 Å². The molecular formula is C19H22N4O3. The van der Waals surface area contributed by atoms with Crippen LogP contribution in [0.25, 0.3) is 0 Å². The van der Waals surface area contributed by atoms with Crippen molar-refractivity contribution in [2.24, 2.45) is 5.92 Å². The average molecular weight is 354 g/mol. The molecule has 3 fully saturated rings. The summed E-state index contributed by atoms with van der Waals surface area (Å²) < 4.78 is 4.68. The molecule has 0 spiro atoms. The normalized spacial score (nSPS) is 22.6. The van der Waals surface area contributed by atoms with Gasteiger partial charge in [-0.05, 0) is 25.3 Å². The predicted octanol–water partition coefficient (Wildman–Crippen LogP) is 1.57. The first-order valence-corrected chi connectivity index (χ1v) is 9.02. The maximum absolute atomic E-state index is 12.9. The monoisotopic (exact) mass is 354 g/mol. The molecule has 5 rings (SSSR count). The second-order valence-electron chi connectivity index (χ2n) is 7.15. The number of carbonyl (C=O) groups is 2. The predicted molar refractivity (Wildman–Crippen MR) is 92.8 cm³/mol. The highest BCUT2D eigenvalue weighted by Gasteiger charge is 2.41. The van der Waals surface area contributed by atoms with Gasteiger partial charge in [-0.25, -0.2) is 4.63 Å². The fourth-order valence-electron chi connectivity index (χ4n) is 3.90. The molecule has 2 amide bonds. The molecular weight excluding hydrogens is 332 g/mol. The van der Waals surface area contributed by atoms with Crippen LogP contribution in [-0.4, -0.2) is 51.1 Å². The molecule has 0 saturated carbocycles. The van der Waals surface area contributed by atoms with Crippen LogP contribution < -0.4 is 0 Å². The number of rotatable bonds is 4. The maximum Gasteiger partial charge on any atom is 0.228 e. The Kier molecular flexibility index (Phi) is 4.44. The summed E-state index contributed by atoms with van der Waals surface area (Å²) in [6, 6.07) is 10.1. The number of nitrogens with zero attached hydrogens (tertiary/aromatic N) is 4. The lowest BCUT2D eigenvalue weighted by Crippen LogP contribution is -2.47. The van der Waals surface area contributed by atoms with Crippen molar-refractivity contribution >= 4 is 11.8 Å². The molecule has 0 unspecified atom stereocenters. The Hall–Kier alpha value is -2.70.